The van der Waals surface area contributed by atoms with Crippen molar-refractivity contribution in [1.82, 2.24) is 0 Å². The van der Waals surface area contributed by atoms with Gasteiger partial charge in [-0.25, -0.2) is 0 Å². The van der Waals surface area contributed by atoms with Gasteiger partial charge in [0, 0.05) is 0 Å². The van der Waals surface area contributed by atoms with Crippen LogP contribution in [-0.2, 0) is 0 Å². The van der Waals surface area contributed by atoms with Gasteiger partial charge in [-0.3, -0.25) is 0 Å². The van der Waals surface area contributed by atoms with Crippen molar-refractivity contribution in [3.63, 3.8) is 0 Å². The standard InChI is InChI=1S/C17H29NO/c1-4-15-5-7-16(12-18,8-6-15)17(19)10-13(2)9-14(3)11-17/h13-15,19H,4-11H2,1-3H3. The van der Waals surface area contributed by atoms with E-state index in [0.717, 1.165) is 44.4 Å². The number of nitrogens with zero attached hydrogens (tertiary/aromatic N) is 1. The van der Waals surface area contributed by atoms with Gasteiger partial charge in [0.2, 0.25) is 0 Å². The van der Waals surface area contributed by atoms with E-state index in [0.29, 0.717) is 11.8 Å². The molecule has 2 fully saturated rings. The van der Waals surface area contributed by atoms with Crippen LogP contribution in [0.25, 0.3) is 0 Å². The molecule has 0 saturated heterocycles. The molecular formula is C17H29NO. The molecule has 0 aliphatic heterocycles. The molecule has 0 aromatic carbocycles. The maximum atomic E-state index is 11.2. The van der Waals surface area contributed by atoms with E-state index in [4.69, 9.17) is 0 Å². The molecular weight excluding hydrogens is 234 g/mol. The zero-order valence-corrected chi connectivity index (χ0v) is 12.8. The maximum Gasteiger partial charge on any atom is 0.0860 e. The molecule has 2 atom stereocenters. The van der Waals surface area contributed by atoms with Crippen LogP contribution in [0.2, 0.25) is 0 Å². The lowest BCUT2D eigenvalue weighted by atomic mass is 9.55. The Hall–Kier alpha value is -0.550. The summed E-state index contributed by atoms with van der Waals surface area (Å²) in [4.78, 5) is 0. The summed E-state index contributed by atoms with van der Waals surface area (Å²) >= 11 is 0. The molecule has 0 spiro atoms. The first-order valence-electron chi connectivity index (χ1n) is 8.08. The van der Waals surface area contributed by atoms with E-state index in [9.17, 15) is 10.4 Å². The zero-order chi connectivity index (χ0) is 14.1. The minimum Gasteiger partial charge on any atom is -0.388 e. The van der Waals surface area contributed by atoms with E-state index < -0.39 is 11.0 Å². The van der Waals surface area contributed by atoms with Gasteiger partial charge in [-0.15, -0.1) is 0 Å². The molecule has 0 aromatic heterocycles. The van der Waals surface area contributed by atoms with Crippen LogP contribution in [0.4, 0.5) is 0 Å². The van der Waals surface area contributed by atoms with Gasteiger partial charge in [-0.05, 0) is 62.7 Å². The highest BCUT2D eigenvalue weighted by Gasteiger charge is 2.54. The van der Waals surface area contributed by atoms with Crippen molar-refractivity contribution in [3.8, 4) is 6.07 Å². The summed E-state index contributed by atoms with van der Waals surface area (Å²) in [6, 6.07) is 2.56. The fourth-order valence-corrected chi connectivity index (χ4v) is 4.74. The number of hydrogen-bond acceptors (Lipinski definition) is 2. The highest BCUT2D eigenvalue weighted by Crippen LogP contribution is 2.53. The van der Waals surface area contributed by atoms with Crippen molar-refractivity contribution < 1.29 is 5.11 Å². The van der Waals surface area contributed by atoms with Gasteiger partial charge in [-0.1, -0.05) is 27.2 Å². The van der Waals surface area contributed by atoms with E-state index in [1.165, 1.54) is 12.8 Å². The third-order valence-corrected chi connectivity index (χ3v) is 5.82. The largest absolute Gasteiger partial charge is 0.388 e. The summed E-state index contributed by atoms with van der Waals surface area (Å²) in [6.07, 6.45) is 8.09. The summed E-state index contributed by atoms with van der Waals surface area (Å²) in [6.45, 7) is 6.69. The average Bonchev–Trinajstić information content (AvgIpc) is 2.37. The predicted molar refractivity (Wildman–Crippen MR) is 77.4 cm³/mol. The molecule has 1 N–H and O–H groups in total. The molecule has 2 aliphatic rings. The molecule has 0 amide bonds. The lowest BCUT2D eigenvalue weighted by molar-refractivity contribution is -0.123. The monoisotopic (exact) mass is 263 g/mol. The predicted octanol–water partition coefficient (Wildman–Crippen LogP) is 4.28. The SMILES string of the molecule is CCC1CCC(C#N)(C2(O)CC(C)CC(C)C2)CC1. The Morgan fingerprint density at radius 1 is 1.16 bits per heavy atom. The van der Waals surface area contributed by atoms with Crippen LogP contribution >= 0.6 is 0 Å². The smallest absolute Gasteiger partial charge is 0.0860 e. The molecule has 2 aliphatic carbocycles. The third kappa shape index (κ3) is 2.68. The van der Waals surface area contributed by atoms with Crippen molar-refractivity contribution in [3.05, 3.63) is 0 Å². The van der Waals surface area contributed by atoms with Gasteiger partial charge in [0.25, 0.3) is 0 Å². The number of hydrogen-bond donors (Lipinski definition) is 1. The van der Waals surface area contributed by atoms with E-state index in [2.05, 4.69) is 26.8 Å². The molecule has 2 nitrogen and oxygen atoms in total. The molecule has 0 bridgehead atoms. The van der Waals surface area contributed by atoms with E-state index in [-0.39, 0.29) is 0 Å². The van der Waals surface area contributed by atoms with Crippen molar-refractivity contribution in [1.29, 1.82) is 5.26 Å². The normalized spacial score (nSPS) is 47.6. The van der Waals surface area contributed by atoms with Gasteiger partial charge in [0.1, 0.15) is 0 Å². The van der Waals surface area contributed by atoms with Crippen molar-refractivity contribution in [2.75, 3.05) is 0 Å². The number of aliphatic hydroxyl groups is 1. The maximum absolute atomic E-state index is 11.2. The molecule has 108 valence electrons. The summed E-state index contributed by atoms with van der Waals surface area (Å²) < 4.78 is 0. The van der Waals surface area contributed by atoms with Crippen LogP contribution in [0.3, 0.4) is 0 Å². The lowest BCUT2D eigenvalue weighted by Crippen LogP contribution is -2.53. The molecule has 2 saturated carbocycles. The van der Waals surface area contributed by atoms with Gasteiger partial charge in [0.15, 0.2) is 0 Å². The second-order valence-electron chi connectivity index (χ2n) is 7.43. The Bertz CT molecular complexity index is 339. The Balaban J connectivity index is 2.19. The van der Waals surface area contributed by atoms with E-state index >= 15 is 0 Å². The molecule has 2 heteroatoms. The first-order chi connectivity index (χ1) is 8.94. The summed E-state index contributed by atoms with van der Waals surface area (Å²) in [5.74, 6) is 1.86. The van der Waals surface area contributed by atoms with Crippen molar-refractivity contribution >= 4 is 0 Å². The number of rotatable bonds is 2. The molecule has 0 radical (unpaired) electrons. The van der Waals surface area contributed by atoms with Crippen LogP contribution in [0.1, 0.15) is 72.1 Å². The van der Waals surface area contributed by atoms with Gasteiger partial charge in [-0.2, -0.15) is 5.26 Å². The van der Waals surface area contributed by atoms with Crippen molar-refractivity contribution in [2.24, 2.45) is 23.2 Å². The fraction of sp³-hybridized carbons (Fsp3) is 0.941. The highest BCUT2D eigenvalue weighted by atomic mass is 16.3. The van der Waals surface area contributed by atoms with E-state index in [1.807, 2.05) is 0 Å². The Morgan fingerprint density at radius 3 is 2.11 bits per heavy atom. The fourth-order valence-electron chi connectivity index (χ4n) is 4.74. The van der Waals surface area contributed by atoms with Gasteiger partial charge in [0.05, 0.1) is 17.1 Å². The summed E-state index contributed by atoms with van der Waals surface area (Å²) in [7, 11) is 0. The minimum atomic E-state index is -0.739. The summed E-state index contributed by atoms with van der Waals surface area (Å²) in [5.41, 5.74) is -1.21. The molecule has 2 unspecified atom stereocenters. The highest BCUT2D eigenvalue weighted by molar-refractivity contribution is 5.14. The van der Waals surface area contributed by atoms with Crippen LogP contribution < -0.4 is 0 Å². The zero-order valence-electron chi connectivity index (χ0n) is 12.8. The average molecular weight is 263 g/mol. The van der Waals surface area contributed by atoms with Gasteiger partial charge >= 0.3 is 0 Å². The van der Waals surface area contributed by atoms with Crippen LogP contribution in [-0.4, -0.2) is 10.7 Å². The molecule has 19 heavy (non-hydrogen) atoms. The Kier molecular flexibility index (Phi) is 4.26. The Morgan fingerprint density at radius 2 is 1.68 bits per heavy atom. The molecule has 0 heterocycles. The minimum absolute atomic E-state index is 0.471. The molecule has 0 aromatic rings. The van der Waals surface area contributed by atoms with E-state index in [1.54, 1.807) is 0 Å². The number of nitriles is 1. The van der Waals surface area contributed by atoms with Crippen LogP contribution in [0.15, 0.2) is 0 Å². The second-order valence-corrected chi connectivity index (χ2v) is 7.43. The Labute approximate surface area is 118 Å². The third-order valence-electron chi connectivity index (χ3n) is 5.82. The first-order valence-corrected chi connectivity index (χ1v) is 8.08. The van der Waals surface area contributed by atoms with Crippen LogP contribution in [0.5, 0.6) is 0 Å². The first kappa shape index (κ1) is 14.9. The molecule has 2 rings (SSSR count). The van der Waals surface area contributed by atoms with Crippen molar-refractivity contribution in [2.45, 2.75) is 77.7 Å². The van der Waals surface area contributed by atoms with Crippen LogP contribution in [0, 0.1) is 34.5 Å². The quantitative estimate of drug-likeness (QED) is 0.808. The van der Waals surface area contributed by atoms with Gasteiger partial charge < -0.3 is 5.11 Å². The second kappa shape index (κ2) is 5.44. The summed E-state index contributed by atoms with van der Waals surface area (Å²) in [5, 5.41) is 21.0. The topological polar surface area (TPSA) is 44.0 Å². The lowest BCUT2D eigenvalue weighted by Gasteiger charge is -2.51.